The third kappa shape index (κ3) is 3.96. The lowest BCUT2D eigenvalue weighted by Gasteiger charge is -2.48. The molecule has 2 saturated carbocycles. The second-order valence-corrected chi connectivity index (χ2v) is 7.85. The summed E-state index contributed by atoms with van der Waals surface area (Å²) in [6.45, 7) is 9.15. The molecule has 0 aliphatic heterocycles. The Morgan fingerprint density at radius 3 is 2.50 bits per heavy atom. The van der Waals surface area contributed by atoms with Crippen molar-refractivity contribution in [3.05, 3.63) is 0 Å². The van der Waals surface area contributed by atoms with E-state index in [0.717, 1.165) is 24.9 Å². The average molecular weight is 252 g/mol. The maximum atomic E-state index is 6.11. The Morgan fingerprint density at radius 2 is 1.94 bits per heavy atom. The fourth-order valence-electron chi connectivity index (χ4n) is 4.26. The van der Waals surface area contributed by atoms with Crippen LogP contribution in [-0.4, -0.2) is 18.6 Å². The van der Waals surface area contributed by atoms with Crippen molar-refractivity contribution >= 4 is 0 Å². The number of nitrogens with one attached hydrogen (secondary N) is 1. The molecule has 0 aromatic rings. The van der Waals surface area contributed by atoms with Gasteiger partial charge in [0.25, 0.3) is 0 Å². The molecule has 106 valence electrons. The van der Waals surface area contributed by atoms with E-state index in [9.17, 15) is 0 Å². The highest BCUT2D eigenvalue weighted by Gasteiger charge is 2.41. The molecule has 0 spiro atoms. The van der Waals surface area contributed by atoms with Gasteiger partial charge in [0.15, 0.2) is 0 Å². The van der Waals surface area contributed by atoms with Gasteiger partial charge < -0.3 is 11.1 Å². The van der Waals surface area contributed by atoms with Gasteiger partial charge in [0, 0.05) is 12.1 Å². The maximum absolute atomic E-state index is 6.11. The minimum atomic E-state index is 0.213. The standard InChI is InChI=1S/C16H32N2/c1-13-9-15(2,3)11-16(10-13,12-17)18-8-4-5-14-6-7-14/h13-14,18H,4-12,17H2,1-3H3. The summed E-state index contributed by atoms with van der Waals surface area (Å²) in [5.74, 6) is 1.86. The van der Waals surface area contributed by atoms with Crippen LogP contribution in [0.3, 0.4) is 0 Å². The first kappa shape index (κ1) is 14.3. The van der Waals surface area contributed by atoms with Crippen molar-refractivity contribution in [1.29, 1.82) is 0 Å². The summed E-state index contributed by atoms with van der Waals surface area (Å²) in [4.78, 5) is 0. The molecule has 2 unspecified atom stereocenters. The van der Waals surface area contributed by atoms with Gasteiger partial charge in [0.2, 0.25) is 0 Å². The van der Waals surface area contributed by atoms with Gasteiger partial charge in [-0.25, -0.2) is 0 Å². The van der Waals surface area contributed by atoms with E-state index in [1.54, 1.807) is 0 Å². The Hall–Kier alpha value is -0.0800. The Balaban J connectivity index is 1.83. The molecule has 0 aromatic heterocycles. The predicted molar refractivity (Wildman–Crippen MR) is 78.5 cm³/mol. The van der Waals surface area contributed by atoms with Crippen molar-refractivity contribution in [1.82, 2.24) is 5.32 Å². The molecule has 0 bridgehead atoms. The summed E-state index contributed by atoms with van der Waals surface area (Å²) in [7, 11) is 0. The lowest BCUT2D eigenvalue weighted by Crippen LogP contribution is -2.57. The summed E-state index contributed by atoms with van der Waals surface area (Å²) in [6.07, 6.45) is 9.56. The van der Waals surface area contributed by atoms with Crippen molar-refractivity contribution in [2.75, 3.05) is 13.1 Å². The number of hydrogen-bond donors (Lipinski definition) is 2. The Kier molecular flexibility index (Phi) is 4.38. The summed E-state index contributed by atoms with van der Waals surface area (Å²) >= 11 is 0. The Morgan fingerprint density at radius 1 is 1.22 bits per heavy atom. The molecule has 2 heteroatoms. The molecule has 0 saturated heterocycles. The van der Waals surface area contributed by atoms with Crippen molar-refractivity contribution in [2.24, 2.45) is 23.0 Å². The van der Waals surface area contributed by atoms with Gasteiger partial charge in [0.1, 0.15) is 0 Å². The smallest absolute Gasteiger partial charge is 0.0311 e. The highest BCUT2D eigenvalue weighted by molar-refractivity contribution is 4.99. The fraction of sp³-hybridized carbons (Fsp3) is 1.00. The Bertz CT molecular complexity index is 270. The summed E-state index contributed by atoms with van der Waals surface area (Å²) < 4.78 is 0. The topological polar surface area (TPSA) is 38.0 Å². The number of hydrogen-bond acceptors (Lipinski definition) is 2. The van der Waals surface area contributed by atoms with E-state index in [1.165, 1.54) is 44.9 Å². The van der Waals surface area contributed by atoms with E-state index in [4.69, 9.17) is 5.73 Å². The molecule has 0 radical (unpaired) electrons. The SMILES string of the molecule is CC1CC(C)(C)CC(CN)(NCCCC2CC2)C1. The van der Waals surface area contributed by atoms with Gasteiger partial charge in [-0.05, 0) is 55.9 Å². The van der Waals surface area contributed by atoms with Gasteiger partial charge in [-0.2, -0.15) is 0 Å². The molecule has 2 atom stereocenters. The maximum Gasteiger partial charge on any atom is 0.0311 e. The Labute approximate surface area is 113 Å². The lowest BCUT2D eigenvalue weighted by atomic mass is 9.64. The zero-order chi connectivity index (χ0) is 13.2. The normalized spacial score (nSPS) is 35.7. The van der Waals surface area contributed by atoms with Crippen LogP contribution in [0.4, 0.5) is 0 Å². The first-order chi connectivity index (χ1) is 8.45. The molecule has 0 heterocycles. The van der Waals surface area contributed by atoms with Crippen molar-refractivity contribution in [3.8, 4) is 0 Å². The molecule has 3 N–H and O–H groups in total. The van der Waals surface area contributed by atoms with E-state index in [1.807, 2.05) is 0 Å². The van der Waals surface area contributed by atoms with Gasteiger partial charge in [-0.3, -0.25) is 0 Å². The van der Waals surface area contributed by atoms with Crippen LogP contribution in [0.5, 0.6) is 0 Å². The minimum absolute atomic E-state index is 0.213. The van der Waals surface area contributed by atoms with Gasteiger partial charge in [-0.1, -0.05) is 33.6 Å². The lowest BCUT2D eigenvalue weighted by molar-refractivity contribution is 0.0860. The predicted octanol–water partition coefficient (Wildman–Crippen LogP) is 3.31. The molecule has 2 nitrogen and oxygen atoms in total. The van der Waals surface area contributed by atoms with E-state index in [-0.39, 0.29) is 5.54 Å². The first-order valence-corrected chi connectivity index (χ1v) is 7.90. The molecular formula is C16H32N2. The molecular weight excluding hydrogens is 220 g/mol. The van der Waals surface area contributed by atoms with Crippen LogP contribution in [-0.2, 0) is 0 Å². The molecule has 18 heavy (non-hydrogen) atoms. The average Bonchev–Trinajstić information content (AvgIpc) is 3.05. The summed E-state index contributed by atoms with van der Waals surface area (Å²) in [6, 6.07) is 0. The highest BCUT2D eigenvalue weighted by Crippen LogP contribution is 2.43. The summed E-state index contributed by atoms with van der Waals surface area (Å²) in [5, 5.41) is 3.83. The fourth-order valence-corrected chi connectivity index (χ4v) is 4.26. The van der Waals surface area contributed by atoms with E-state index in [0.29, 0.717) is 5.41 Å². The molecule has 2 rings (SSSR count). The van der Waals surface area contributed by atoms with Crippen molar-refractivity contribution in [3.63, 3.8) is 0 Å². The second kappa shape index (κ2) is 5.50. The number of rotatable bonds is 6. The van der Waals surface area contributed by atoms with E-state index < -0.39 is 0 Å². The van der Waals surface area contributed by atoms with Gasteiger partial charge in [-0.15, -0.1) is 0 Å². The molecule has 0 aromatic carbocycles. The van der Waals surface area contributed by atoms with E-state index in [2.05, 4.69) is 26.1 Å². The second-order valence-electron chi connectivity index (χ2n) is 7.85. The van der Waals surface area contributed by atoms with Gasteiger partial charge >= 0.3 is 0 Å². The van der Waals surface area contributed by atoms with Gasteiger partial charge in [0.05, 0.1) is 0 Å². The zero-order valence-electron chi connectivity index (χ0n) is 12.6. The molecule has 0 amide bonds. The minimum Gasteiger partial charge on any atom is -0.329 e. The quantitative estimate of drug-likeness (QED) is 0.712. The van der Waals surface area contributed by atoms with Crippen LogP contribution >= 0.6 is 0 Å². The molecule has 2 fully saturated rings. The van der Waals surface area contributed by atoms with Crippen LogP contribution in [0.1, 0.15) is 65.7 Å². The van der Waals surface area contributed by atoms with Crippen LogP contribution in [0.2, 0.25) is 0 Å². The molecule has 2 aliphatic rings. The third-order valence-corrected chi connectivity index (χ3v) is 4.83. The van der Waals surface area contributed by atoms with Crippen LogP contribution in [0.15, 0.2) is 0 Å². The van der Waals surface area contributed by atoms with E-state index >= 15 is 0 Å². The summed E-state index contributed by atoms with van der Waals surface area (Å²) in [5.41, 5.74) is 6.77. The monoisotopic (exact) mass is 252 g/mol. The van der Waals surface area contributed by atoms with Crippen LogP contribution in [0.25, 0.3) is 0 Å². The highest BCUT2D eigenvalue weighted by atomic mass is 15.0. The molecule has 2 aliphatic carbocycles. The number of nitrogens with two attached hydrogens (primary N) is 1. The first-order valence-electron chi connectivity index (χ1n) is 7.90. The van der Waals surface area contributed by atoms with Crippen molar-refractivity contribution < 1.29 is 0 Å². The zero-order valence-corrected chi connectivity index (χ0v) is 12.6. The third-order valence-electron chi connectivity index (χ3n) is 4.83. The largest absolute Gasteiger partial charge is 0.329 e. The van der Waals surface area contributed by atoms with Crippen molar-refractivity contribution in [2.45, 2.75) is 71.3 Å². The van der Waals surface area contributed by atoms with Crippen LogP contribution < -0.4 is 11.1 Å². The van der Waals surface area contributed by atoms with Crippen LogP contribution in [0, 0.1) is 17.3 Å².